The lowest BCUT2D eigenvalue weighted by Crippen LogP contribution is -2.15. The molecule has 0 aliphatic rings. The molecule has 0 radical (unpaired) electrons. The third-order valence-corrected chi connectivity index (χ3v) is 9.94. The van der Waals surface area contributed by atoms with Gasteiger partial charge in [-0.2, -0.15) is 5.10 Å². The minimum atomic E-state index is -4.01. The topological polar surface area (TPSA) is 97.1 Å². The van der Waals surface area contributed by atoms with Crippen LogP contribution in [0.2, 0.25) is 0 Å². The van der Waals surface area contributed by atoms with Crippen molar-refractivity contribution in [2.45, 2.75) is 28.0 Å². The number of nitrogens with zero attached hydrogens (tertiary/aromatic N) is 3. The molecule has 4 aromatic carbocycles. The lowest BCUT2D eigenvalue weighted by molar-refractivity contribution is 0.469. The van der Waals surface area contributed by atoms with Gasteiger partial charge in [0.1, 0.15) is 10.6 Å². The van der Waals surface area contributed by atoms with Crippen molar-refractivity contribution >= 4 is 59.8 Å². The summed E-state index contributed by atoms with van der Waals surface area (Å²) in [7, 11) is -4.01. The Morgan fingerprint density at radius 3 is 2.37 bits per heavy atom. The van der Waals surface area contributed by atoms with Crippen LogP contribution >= 0.6 is 23.1 Å². The number of phenolic OH excluding ortho intramolecular Hbond substituents is 1. The number of aromatic hydroxyl groups is 1. The lowest BCUT2D eigenvalue weighted by Gasteiger charge is -2.15. The van der Waals surface area contributed by atoms with Gasteiger partial charge in [-0.05, 0) is 44.2 Å². The summed E-state index contributed by atoms with van der Waals surface area (Å²) < 4.78 is 33.7. The Morgan fingerprint density at radius 1 is 0.921 bits per heavy atom. The smallest absolute Gasteiger partial charge is 0.265 e. The van der Waals surface area contributed by atoms with Crippen molar-refractivity contribution in [1.82, 2.24) is 14.8 Å². The minimum Gasteiger partial charge on any atom is -0.506 e. The lowest BCUT2D eigenvalue weighted by atomic mass is 10.1. The van der Waals surface area contributed by atoms with Gasteiger partial charge in [0.05, 0.1) is 37.9 Å². The van der Waals surface area contributed by atoms with E-state index in [1.807, 2.05) is 66.7 Å². The first-order valence-electron chi connectivity index (χ1n) is 11.7. The van der Waals surface area contributed by atoms with Crippen LogP contribution in [0.3, 0.4) is 0 Å². The molecule has 0 amide bonds. The number of para-hydroxylation sites is 2. The molecule has 0 aliphatic carbocycles. The average molecular weight is 559 g/mol. The van der Waals surface area contributed by atoms with E-state index in [2.05, 4.69) is 14.8 Å². The Balaban J connectivity index is 1.43. The highest BCUT2D eigenvalue weighted by atomic mass is 32.2. The molecule has 6 rings (SSSR count). The van der Waals surface area contributed by atoms with Crippen LogP contribution in [-0.4, -0.2) is 28.3 Å². The highest BCUT2D eigenvalue weighted by Crippen LogP contribution is 2.44. The van der Waals surface area contributed by atoms with E-state index in [0.29, 0.717) is 32.7 Å². The van der Waals surface area contributed by atoms with Gasteiger partial charge in [-0.1, -0.05) is 66.4 Å². The number of phenols is 1. The van der Waals surface area contributed by atoms with Crippen LogP contribution in [0.25, 0.3) is 26.7 Å². The molecule has 0 unspecified atom stereocenters. The monoisotopic (exact) mass is 558 g/mol. The molecule has 7 nitrogen and oxygen atoms in total. The van der Waals surface area contributed by atoms with Gasteiger partial charge in [0, 0.05) is 10.8 Å². The van der Waals surface area contributed by atoms with Gasteiger partial charge in [-0.15, -0.1) is 11.3 Å². The summed E-state index contributed by atoms with van der Waals surface area (Å²) in [6, 6.07) is 26.1. The van der Waals surface area contributed by atoms with Gasteiger partial charge in [0.25, 0.3) is 10.0 Å². The van der Waals surface area contributed by atoms with Crippen molar-refractivity contribution in [3.63, 3.8) is 0 Å². The van der Waals surface area contributed by atoms with Gasteiger partial charge in [-0.25, -0.2) is 18.1 Å². The van der Waals surface area contributed by atoms with E-state index in [9.17, 15) is 13.5 Å². The number of aromatic nitrogens is 3. The van der Waals surface area contributed by atoms with E-state index >= 15 is 0 Å². The zero-order chi connectivity index (χ0) is 26.4. The number of thiazole rings is 1. The van der Waals surface area contributed by atoms with Crippen LogP contribution in [0, 0.1) is 13.8 Å². The summed E-state index contributed by atoms with van der Waals surface area (Å²) in [5, 5.41) is 16.8. The molecule has 0 atom stereocenters. The second-order valence-electron chi connectivity index (χ2n) is 8.72. The second kappa shape index (κ2) is 9.46. The van der Waals surface area contributed by atoms with Crippen molar-refractivity contribution in [1.29, 1.82) is 0 Å². The molecule has 2 aromatic heterocycles. The maximum absolute atomic E-state index is 13.8. The molecule has 0 saturated heterocycles. The van der Waals surface area contributed by atoms with Crippen LogP contribution in [0.15, 0.2) is 99.1 Å². The van der Waals surface area contributed by atoms with Crippen molar-refractivity contribution < 1.29 is 13.5 Å². The quantitative estimate of drug-likeness (QED) is 0.216. The molecule has 0 aliphatic heterocycles. The van der Waals surface area contributed by atoms with Crippen LogP contribution in [0.4, 0.5) is 5.69 Å². The Bertz CT molecular complexity index is 1900. The Kier molecular flexibility index (Phi) is 6.10. The van der Waals surface area contributed by atoms with Gasteiger partial charge in [0.2, 0.25) is 0 Å². The number of nitrogens with one attached hydrogen (secondary N) is 1. The normalized spacial score (nSPS) is 11.8. The summed E-state index contributed by atoms with van der Waals surface area (Å²) in [5.74, 6) is 0.0806. The largest absolute Gasteiger partial charge is 0.506 e. The van der Waals surface area contributed by atoms with Gasteiger partial charge in [0.15, 0.2) is 4.34 Å². The molecule has 2 N–H and O–H groups in total. The Labute approximate surface area is 227 Å². The molecule has 6 aromatic rings. The fourth-order valence-corrected chi connectivity index (χ4v) is 8.10. The Morgan fingerprint density at radius 2 is 1.61 bits per heavy atom. The van der Waals surface area contributed by atoms with Crippen molar-refractivity contribution in [2.24, 2.45) is 0 Å². The summed E-state index contributed by atoms with van der Waals surface area (Å²) >= 11 is 2.82. The summed E-state index contributed by atoms with van der Waals surface area (Å²) in [6.07, 6.45) is 0. The number of rotatable bonds is 6. The number of benzene rings is 4. The van der Waals surface area contributed by atoms with Gasteiger partial charge >= 0.3 is 0 Å². The van der Waals surface area contributed by atoms with Crippen molar-refractivity contribution in [3.05, 3.63) is 96.3 Å². The maximum Gasteiger partial charge on any atom is 0.265 e. The number of fused-ring (bicyclic) bond motifs is 2. The number of sulfonamides is 1. The van der Waals surface area contributed by atoms with E-state index < -0.39 is 10.0 Å². The van der Waals surface area contributed by atoms with Crippen molar-refractivity contribution in [2.75, 3.05) is 4.72 Å². The zero-order valence-corrected chi connectivity index (χ0v) is 22.9. The predicted octanol–water partition coefficient (Wildman–Crippen LogP) is 6.91. The van der Waals surface area contributed by atoms with E-state index in [1.54, 1.807) is 36.7 Å². The average Bonchev–Trinajstić information content (AvgIpc) is 3.46. The highest BCUT2D eigenvalue weighted by Gasteiger charge is 2.27. The summed E-state index contributed by atoms with van der Waals surface area (Å²) in [4.78, 5) is 5.29. The molecule has 2 heterocycles. The summed E-state index contributed by atoms with van der Waals surface area (Å²) in [6.45, 7) is 3.43. The van der Waals surface area contributed by atoms with E-state index in [-0.39, 0.29) is 10.6 Å². The molecule has 0 fully saturated rings. The highest BCUT2D eigenvalue weighted by molar-refractivity contribution is 8.01. The minimum absolute atomic E-state index is 0.0806. The fraction of sp³-hybridized carbons (Fsp3) is 0.0714. The Hall–Kier alpha value is -3.86. The molecular weight excluding hydrogens is 537 g/mol. The first-order chi connectivity index (χ1) is 18.3. The zero-order valence-electron chi connectivity index (χ0n) is 20.4. The molecular formula is C28H22N4O3S3. The van der Waals surface area contributed by atoms with Crippen LogP contribution < -0.4 is 4.72 Å². The van der Waals surface area contributed by atoms with Crippen LogP contribution in [0.5, 0.6) is 5.75 Å². The first-order valence-corrected chi connectivity index (χ1v) is 14.9. The van der Waals surface area contributed by atoms with Gasteiger partial charge < -0.3 is 5.11 Å². The standard InChI is InChI=1S/C28H22N4O3S3/c1-17-27(18(2)32(30-17)19-10-4-3-5-11-19)38(34,35)31-23-16-25(26(33)21-13-7-6-12-20(21)23)37-28-29-22-14-8-9-15-24(22)36-28/h3-16,31,33H,1-2H3. The van der Waals surface area contributed by atoms with Crippen LogP contribution in [0.1, 0.15) is 11.4 Å². The molecule has 38 heavy (non-hydrogen) atoms. The van der Waals surface area contributed by atoms with E-state index in [0.717, 1.165) is 20.2 Å². The number of anilines is 1. The fourth-order valence-electron chi connectivity index (χ4n) is 4.52. The predicted molar refractivity (Wildman–Crippen MR) is 153 cm³/mol. The molecule has 0 spiro atoms. The second-order valence-corrected chi connectivity index (χ2v) is 12.7. The van der Waals surface area contributed by atoms with Gasteiger partial charge in [-0.3, -0.25) is 4.72 Å². The summed E-state index contributed by atoms with van der Waals surface area (Å²) in [5.41, 5.74) is 2.93. The van der Waals surface area contributed by atoms with Crippen molar-refractivity contribution in [3.8, 4) is 11.4 Å². The number of hydrogen-bond donors (Lipinski definition) is 2. The molecule has 10 heteroatoms. The van der Waals surface area contributed by atoms with E-state index in [1.165, 1.54) is 23.1 Å². The third kappa shape index (κ3) is 4.30. The molecule has 0 saturated carbocycles. The SMILES string of the molecule is Cc1nn(-c2ccccc2)c(C)c1S(=O)(=O)Nc1cc(Sc2nc3ccccc3s2)c(O)c2ccccc12. The molecule has 0 bridgehead atoms. The number of aryl methyl sites for hydroxylation is 1. The van der Waals surface area contributed by atoms with Crippen LogP contribution in [-0.2, 0) is 10.0 Å². The first kappa shape index (κ1) is 24.5. The van der Waals surface area contributed by atoms with E-state index in [4.69, 9.17) is 0 Å². The maximum atomic E-state index is 13.8. The number of hydrogen-bond acceptors (Lipinski definition) is 7. The third-order valence-electron chi connectivity index (χ3n) is 6.19. The molecule has 190 valence electrons.